The van der Waals surface area contributed by atoms with Crippen LogP contribution in [-0.2, 0) is 6.42 Å². The summed E-state index contributed by atoms with van der Waals surface area (Å²) in [6, 6.07) is 6.25. The molecule has 0 spiro atoms. The molecule has 5 heteroatoms. The van der Waals surface area contributed by atoms with Gasteiger partial charge in [0.1, 0.15) is 17.3 Å². The summed E-state index contributed by atoms with van der Waals surface area (Å²) in [6.07, 6.45) is 0.645. The van der Waals surface area contributed by atoms with E-state index in [-0.39, 0.29) is 5.82 Å². The Hall–Kier alpha value is -1.20. The van der Waals surface area contributed by atoms with E-state index in [0.717, 1.165) is 11.3 Å². The Morgan fingerprint density at radius 3 is 2.88 bits per heavy atom. The molecule has 2 rings (SSSR count). The zero-order valence-electron chi connectivity index (χ0n) is 8.41. The molecule has 84 valence electrons. The van der Waals surface area contributed by atoms with Gasteiger partial charge in [-0.1, -0.05) is 5.16 Å². The van der Waals surface area contributed by atoms with Crippen molar-refractivity contribution >= 4 is 15.9 Å². The van der Waals surface area contributed by atoms with E-state index < -0.39 is 0 Å². The average Bonchev–Trinajstić information content (AvgIpc) is 2.67. The van der Waals surface area contributed by atoms with Crippen LogP contribution in [0.2, 0.25) is 0 Å². The first-order chi connectivity index (χ1) is 7.70. The molecule has 0 amide bonds. The Morgan fingerprint density at radius 1 is 1.38 bits per heavy atom. The predicted octanol–water partition coefficient (Wildman–Crippen LogP) is 2.74. The van der Waals surface area contributed by atoms with Gasteiger partial charge >= 0.3 is 0 Å². The molecule has 0 aliphatic rings. The van der Waals surface area contributed by atoms with Crippen LogP contribution in [0.3, 0.4) is 0 Å². The van der Waals surface area contributed by atoms with Crippen LogP contribution in [0.5, 0.6) is 0 Å². The van der Waals surface area contributed by atoms with E-state index in [1.165, 1.54) is 12.1 Å². The van der Waals surface area contributed by atoms with Crippen LogP contribution in [0.15, 0.2) is 33.3 Å². The van der Waals surface area contributed by atoms with E-state index in [1.54, 1.807) is 6.07 Å². The minimum absolute atomic E-state index is 0.290. The molecular formula is C11H10BrFN2O. The van der Waals surface area contributed by atoms with Crippen LogP contribution in [-0.4, -0.2) is 11.7 Å². The van der Waals surface area contributed by atoms with Gasteiger partial charge in [0.2, 0.25) is 0 Å². The van der Waals surface area contributed by atoms with Crippen molar-refractivity contribution in [3.63, 3.8) is 0 Å². The molecule has 0 fully saturated rings. The van der Waals surface area contributed by atoms with Crippen molar-refractivity contribution in [2.75, 3.05) is 6.54 Å². The highest BCUT2D eigenvalue weighted by Crippen LogP contribution is 2.28. The van der Waals surface area contributed by atoms with Crippen LogP contribution >= 0.6 is 15.9 Å². The lowest BCUT2D eigenvalue weighted by Crippen LogP contribution is -2.01. The van der Waals surface area contributed by atoms with Gasteiger partial charge in [0, 0.05) is 22.5 Å². The maximum absolute atomic E-state index is 12.9. The fraction of sp³-hybridized carbons (Fsp3) is 0.182. The SMILES string of the molecule is NCCc1cc(-c2ccc(F)cc2Br)no1. The van der Waals surface area contributed by atoms with Crippen LogP contribution < -0.4 is 5.73 Å². The lowest BCUT2D eigenvalue weighted by molar-refractivity contribution is 0.386. The van der Waals surface area contributed by atoms with Gasteiger partial charge in [0.05, 0.1) is 0 Å². The molecule has 0 aliphatic heterocycles. The van der Waals surface area contributed by atoms with E-state index >= 15 is 0 Å². The average molecular weight is 285 g/mol. The molecule has 1 heterocycles. The fourth-order valence-corrected chi connectivity index (χ4v) is 1.95. The molecule has 16 heavy (non-hydrogen) atoms. The molecule has 0 saturated heterocycles. The Labute approximate surface area is 101 Å². The summed E-state index contributed by atoms with van der Waals surface area (Å²) in [5.41, 5.74) is 6.89. The minimum Gasteiger partial charge on any atom is -0.361 e. The summed E-state index contributed by atoms with van der Waals surface area (Å²) in [5.74, 6) is 0.440. The maximum Gasteiger partial charge on any atom is 0.138 e. The molecule has 2 N–H and O–H groups in total. The first-order valence-electron chi connectivity index (χ1n) is 4.82. The second-order valence-electron chi connectivity index (χ2n) is 3.34. The first-order valence-corrected chi connectivity index (χ1v) is 5.61. The van der Waals surface area contributed by atoms with Crippen molar-refractivity contribution < 1.29 is 8.91 Å². The number of nitrogens with zero attached hydrogens (tertiary/aromatic N) is 1. The predicted molar refractivity (Wildman–Crippen MR) is 62.4 cm³/mol. The molecule has 1 aromatic carbocycles. The smallest absolute Gasteiger partial charge is 0.138 e. The Balaban J connectivity index is 2.35. The van der Waals surface area contributed by atoms with Gasteiger partial charge in [-0.2, -0.15) is 0 Å². The molecule has 0 bridgehead atoms. The van der Waals surface area contributed by atoms with Crippen LogP contribution in [0.25, 0.3) is 11.3 Å². The molecule has 2 aromatic rings. The zero-order valence-corrected chi connectivity index (χ0v) is 10.00. The van der Waals surface area contributed by atoms with Gasteiger partial charge in [0.25, 0.3) is 0 Å². The molecule has 0 atom stereocenters. The highest BCUT2D eigenvalue weighted by atomic mass is 79.9. The monoisotopic (exact) mass is 284 g/mol. The van der Waals surface area contributed by atoms with E-state index in [2.05, 4.69) is 21.1 Å². The van der Waals surface area contributed by atoms with Gasteiger partial charge in [0.15, 0.2) is 0 Å². The number of hydrogen-bond donors (Lipinski definition) is 1. The molecule has 0 aliphatic carbocycles. The zero-order chi connectivity index (χ0) is 11.5. The Bertz CT molecular complexity index is 498. The van der Waals surface area contributed by atoms with E-state index in [1.807, 2.05) is 6.07 Å². The van der Waals surface area contributed by atoms with Crippen molar-refractivity contribution in [2.45, 2.75) is 6.42 Å². The van der Waals surface area contributed by atoms with Crippen molar-refractivity contribution in [1.29, 1.82) is 0 Å². The minimum atomic E-state index is -0.290. The lowest BCUT2D eigenvalue weighted by atomic mass is 10.1. The second-order valence-corrected chi connectivity index (χ2v) is 4.20. The topological polar surface area (TPSA) is 52.0 Å². The number of halogens is 2. The van der Waals surface area contributed by atoms with Crippen LogP contribution in [0.4, 0.5) is 4.39 Å². The maximum atomic E-state index is 12.9. The van der Waals surface area contributed by atoms with Gasteiger partial charge in [-0.3, -0.25) is 0 Å². The summed E-state index contributed by atoms with van der Waals surface area (Å²) in [4.78, 5) is 0. The van der Waals surface area contributed by atoms with Crippen LogP contribution in [0, 0.1) is 5.82 Å². The number of nitrogens with two attached hydrogens (primary N) is 1. The molecule has 1 aromatic heterocycles. The van der Waals surface area contributed by atoms with Crippen molar-refractivity contribution in [2.24, 2.45) is 5.73 Å². The van der Waals surface area contributed by atoms with Gasteiger partial charge in [-0.25, -0.2) is 4.39 Å². The van der Waals surface area contributed by atoms with Crippen molar-refractivity contribution in [3.05, 3.63) is 40.3 Å². The number of rotatable bonds is 3. The summed E-state index contributed by atoms with van der Waals surface area (Å²) in [6.45, 7) is 0.513. The van der Waals surface area contributed by atoms with E-state index in [0.29, 0.717) is 23.1 Å². The Morgan fingerprint density at radius 2 is 2.19 bits per heavy atom. The summed E-state index contributed by atoms with van der Waals surface area (Å²) in [5, 5.41) is 3.91. The summed E-state index contributed by atoms with van der Waals surface area (Å²) < 4.78 is 18.7. The van der Waals surface area contributed by atoms with Crippen LogP contribution in [0.1, 0.15) is 5.76 Å². The molecule has 0 radical (unpaired) electrons. The third kappa shape index (κ3) is 2.31. The standard InChI is InChI=1S/C11H10BrFN2O/c12-10-5-7(13)1-2-9(10)11-6-8(3-4-14)16-15-11/h1-2,5-6H,3-4,14H2. The number of aromatic nitrogens is 1. The fourth-order valence-electron chi connectivity index (χ4n) is 1.40. The Kier molecular flexibility index (Phi) is 3.36. The molecule has 0 saturated carbocycles. The van der Waals surface area contributed by atoms with E-state index in [4.69, 9.17) is 10.3 Å². The molecule has 0 unspecified atom stereocenters. The van der Waals surface area contributed by atoms with Gasteiger partial charge in [-0.05, 0) is 40.7 Å². The number of benzene rings is 1. The molecule has 3 nitrogen and oxygen atoms in total. The summed E-state index contributed by atoms with van der Waals surface area (Å²) in [7, 11) is 0. The summed E-state index contributed by atoms with van der Waals surface area (Å²) >= 11 is 3.29. The van der Waals surface area contributed by atoms with Gasteiger partial charge in [-0.15, -0.1) is 0 Å². The highest BCUT2D eigenvalue weighted by molar-refractivity contribution is 9.10. The normalized spacial score (nSPS) is 10.7. The second kappa shape index (κ2) is 4.76. The third-order valence-corrected chi connectivity index (χ3v) is 2.81. The van der Waals surface area contributed by atoms with Crippen molar-refractivity contribution in [1.82, 2.24) is 5.16 Å². The largest absolute Gasteiger partial charge is 0.361 e. The first kappa shape index (κ1) is 11.3. The van der Waals surface area contributed by atoms with Crippen molar-refractivity contribution in [3.8, 4) is 11.3 Å². The quantitative estimate of drug-likeness (QED) is 0.943. The number of hydrogen-bond acceptors (Lipinski definition) is 3. The van der Waals surface area contributed by atoms with Gasteiger partial charge < -0.3 is 10.3 Å². The lowest BCUT2D eigenvalue weighted by Gasteiger charge is -1.98. The highest BCUT2D eigenvalue weighted by Gasteiger charge is 2.09. The third-order valence-electron chi connectivity index (χ3n) is 2.16. The van der Waals surface area contributed by atoms with E-state index in [9.17, 15) is 4.39 Å². The molecular weight excluding hydrogens is 275 g/mol.